The summed E-state index contributed by atoms with van der Waals surface area (Å²) in [4.78, 5) is 0. The van der Waals surface area contributed by atoms with E-state index in [1.807, 2.05) is 0 Å². The fourth-order valence-electron chi connectivity index (χ4n) is 1.05. The van der Waals surface area contributed by atoms with Crippen molar-refractivity contribution in [1.82, 2.24) is 10.6 Å². The third-order valence-electron chi connectivity index (χ3n) is 1.80. The Morgan fingerprint density at radius 1 is 1.07 bits per heavy atom. The number of nitrogens with one attached hydrogen (secondary N) is 3. The molecule has 0 unspecified atom stereocenters. The van der Waals surface area contributed by atoms with Crippen molar-refractivity contribution < 1.29 is 5.11 Å². The summed E-state index contributed by atoms with van der Waals surface area (Å²) in [5, 5.41) is 21.8. The van der Waals surface area contributed by atoms with Crippen LogP contribution in [-0.4, -0.2) is 36.5 Å². The molecule has 0 aromatic carbocycles. The molecule has 0 amide bonds. The number of aliphatic hydroxyl groups excluding tert-OH is 1. The van der Waals surface area contributed by atoms with Crippen LogP contribution in [-0.2, 0) is 0 Å². The van der Waals surface area contributed by atoms with Crippen molar-refractivity contribution in [3.8, 4) is 0 Å². The molecule has 4 nitrogen and oxygen atoms in total. The van der Waals surface area contributed by atoms with Crippen LogP contribution in [0.3, 0.4) is 0 Å². The topological polar surface area (TPSA) is 68.1 Å². The molecule has 0 spiro atoms. The number of rotatable bonds is 8. The van der Waals surface area contributed by atoms with Gasteiger partial charge in [-0.05, 0) is 12.8 Å². The summed E-state index contributed by atoms with van der Waals surface area (Å²) in [6.07, 6.45) is 4.10. The van der Waals surface area contributed by atoms with Crippen molar-refractivity contribution in [1.29, 1.82) is 5.41 Å². The van der Waals surface area contributed by atoms with E-state index in [9.17, 15) is 0 Å². The number of hydrogen-bond acceptors (Lipinski definition) is 3. The van der Waals surface area contributed by atoms with E-state index in [1.54, 1.807) is 0 Å². The quantitative estimate of drug-likeness (QED) is 0.180. The van der Waals surface area contributed by atoms with E-state index in [4.69, 9.17) is 10.5 Å². The fourth-order valence-corrected chi connectivity index (χ4v) is 1.16. The zero-order valence-electron chi connectivity index (χ0n) is 8.55. The highest BCUT2D eigenvalue weighted by molar-refractivity contribution is 7.80. The van der Waals surface area contributed by atoms with Crippen molar-refractivity contribution in [3.05, 3.63) is 0 Å². The second-order valence-electron chi connectivity index (χ2n) is 3.09. The first kappa shape index (κ1) is 13.6. The van der Waals surface area contributed by atoms with Crippen molar-refractivity contribution in [2.45, 2.75) is 25.7 Å². The van der Waals surface area contributed by atoms with Crippen LogP contribution in [0.5, 0.6) is 0 Å². The highest BCUT2D eigenvalue weighted by Crippen LogP contribution is 1.97. The normalized spacial score (nSPS) is 9.86. The summed E-state index contributed by atoms with van der Waals surface area (Å²) in [7, 11) is 0. The Bertz CT molecular complexity index is 144. The van der Waals surface area contributed by atoms with Crippen LogP contribution >= 0.6 is 12.6 Å². The molecule has 0 aliphatic heterocycles. The van der Waals surface area contributed by atoms with Crippen LogP contribution in [0.1, 0.15) is 25.7 Å². The Morgan fingerprint density at radius 3 is 2.36 bits per heavy atom. The summed E-state index contributed by atoms with van der Waals surface area (Å²) in [6.45, 7) is 1.83. The van der Waals surface area contributed by atoms with Crippen LogP contribution in [0.2, 0.25) is 0 Å². The molecule has 0 radical (unpaired) electrons. The van der Waals surface area contributed by atoms with Gasteiger partial charge in [-0.1, -0.05) is 12.8 Å². The lowest BCUT2D eigenvalue weighted by molar-refractivity contribution is 0.282. The van der Waals surface area contributed by atoms with E-state index < -0.39 is 0 Å². The van der Waals surface area contributed by atoms with Gasteiger partial charge in [-0.2, -0.15) is 12.6 Å². The summed E-state index contributed by atoms with van der Waals surface area (Å²) < 4.78 is 0. The Labute approximate surface area is 91.4 Å². The van der Waals surface area contributed by atoms with Gasteiger partial charge in [0.1, 0.15) is 0 Å². The van der Waals surface area contributed by atoms with Crippen LogP contribution in [0, 0.1) is 5.41 Å². The predicted octanol–water partition coefficient (Wildman–Crippen LogP) is 0.583. The Morgan fingerprint density at radius 2 is 1.71 bits per heavy atom. The van der Waals surface area contributed by atoms with Gasteiger partial charge in [-0.15, -0.1) is 0 Å². The van der Waals surface area contributed by atoms with E-state index in [2.05, 4.69) is 23.3 Å². The van der Waals surface area contributed by atoms with Crippen LogP contribution < -0.4 is 10.6 Å². The molecule has 0 aromatic rings. The maximum absolute atomic E-state index is 8.54. The molecule has 0 saturated heterocycles. The molecular formula is C9H21N3OS. The minimum absolute atomic E-state index is 0.284. The third-order valence-corrected chi connectivity index (χ3v) is 2.02. The van der Waals surface area contributed by atoms with Crippen LogP contribution in [0.4, 0.5) is 0 Å². The minimum atomic E-state index is 0.284. The predicted molar refractivity (Wildman–Crippen MR) is 63.1 cm³/mol. The van der Waals surface area contributed by atoms with Crippen molar-refractivity contribution in [2.75, 3.05) is 25.4 Å². The van der Waals surface area contributed by atoms with Gasteiger partial charge in [0, 0.05) is 25.4 Å². The Kier molecular flexibility index (Phi) is 10.3. The lowest BCUT2D eigenvalue weighted by atomic mass is 10.2. The first-order valence-electron chi connectivity index (χ1n) is 5.09. The lowest BCUT2D eigenvalue weighted by Gasteiger charge is -2.08. The van der Waals surface area contributed by atoms with Gasteiger partial charge in [0.25, 0.3) is 0 Å². The van der Waals surface area contributed by atoms with Crippen molar-refractivity contribution in [2.24, 2.45) is 0 Å². The molecule has 0 rings (SSSR count). The molecule has 0 fully saturated rings. The molecule has 5 heteroatoms. The summed E-state index contributed by atoms with van der Waals surface area (Å²) in [5.41, 5.74) is 0. The Hall–Kier alpha value is -0.420. The highest BCUT2D eigenvalue weighted by Gasteiger charge is 1.93. The number of guanidine groups is 1. The van der Waals surface area contributed by atoms with Gasteiger partial charge in [0.2, 0.25) is 0 Å². The molecule has 0 heterocycles. The molecule has 0 atom stereocenters. The maximum atomic E-state index is 8.54. The number of thiol groups is 1. The summed E-state index contributed by atoms with van der Waals surface area (Å²) in [5.74, 6) is 1.11. The van der Waals surface area contributed by atoms with E-state index in [0.29, 0.717) is 5.96 Å². The fraction of sp³-hybridized carbons (Fsp3) is 0.889. The van der Waals surface area contributed by atoms with Gasteiger partial charge in [-0.25, -0.2) is 0 Å². The average molecular weight is 219 g/mol. The number of unbranched alkanes of at least 4 members (excludes halogenated alkanes) is 3. The monoisotopic (exact) mass is 219 g/mol. The lowest BCUT2D eigenvalue weighted by Crippen LogP contribution is -2.37. The molecule has 84 valence electrons. The second-order valence-corrected chi connectivity index (χ2v) is 3.54. The van der Waals surface area contributed by atoms with Crippen molar-refractivity contribution in [3.63, 3.8) is 0 Å². The van der Waals surface area contributed by atoms with Crippen molar-refractivity contribution >= 4 is 18.6 Å². The summed E-state index contributed by atoms with van der Waals surface area (Å²) in [6, 6.07) is 0. The molecule has 0 aliphatic rings. The molecular weight excluding hydrogens is 198 g/mol. The molecule has 0 bridgehead atoms. The second kappa shape index (κ2) is 10.7. The van der Waals surface area contributed by atoms with E-state index in [0.717, 1.165) is 44.5 Å². The highest BCUT2D eigenvalue weighted by atomic mass is 32.1. The molecule has 0 aliphatic carbocycles. The Balaban J connectivity index is 3.07. The number of hydrogen-bond donors (Lipinski definition) is 5. The average Bonchev–Trinajstić information content (AvgIpc) is 2.20. The SMILES string of the molecule is N=C(NCCS)NCCCCCCO. The molecule has 0 aromatic heterocycles. The minimum Gasteiger partial charge on any atom is -0.396 e. The smallest absolute Gasteiger partial charge is 0.188 e. The zero-order chi connectivity index (χ0) is 10.6. The van der Waals surface area contributed by atoms with Gasteiger partial charge >= 0.3 is 0 Å². The number of aliphatic hydroxyl groups is 1. The largest absolute Gasteiger partial charge is 0.396 e. The summed E-state index contributed by atoms with van der Waals surface area (Å²) >= 11 is 4.03. The van der Waals surface area contributed by atoms with Gasteiger partial charge < -0.3 is 15.7 Å². The van der Waals surface area contributed by atoms with Gasteiger partial charge in [-0.3, -0.25) is 5.41 Å². The van der Waals surface area contributed by atoms with Crippen LogP contribution in [0.15, 0.2) is 0 Å². The molecule has 14 heavy (non-hydrogen) atoms. The van der Waals surface area contributed by atoms with Gasteiger partial charge in [0.05, 0.1) is 0 Å². The van der Waals surface area contributed by atoms with Gasteiger partial charge in [0.15, 0.2) is 5.96 Å². The van der Waals surface area contributed by atoms with E-state index in [1.165, 1.54) is 0 Å². The van der Waals surface area contributed by atoms with E-state index in [-0.39, 0.29) is 6.61 Å². The molecule has 0 saturated carbocycles. The molecule has 4 N–H and O–H groups in total. The van der Waals surface area contributed by atoms with E-state index >= 15 is 0 Å². The standard InChI is InChI=1S/C9H21N3OS/c10-9(12-6-8-14)11-5-3-1-2-4-7-13/h13-14H,1-8H2,(H3,10,11,12). The third kappa shape index (κ3) is 9.67. The zero-order valence-corrected chi connectivity index (χ0v) is 9.45. The maximum Gasteiger partial charge on any atom is 0.188 e. The first-order chi connectivity index (χ1) is 6.81. The van der Waals surface area contributed by atoms with Crippen LogP contribution in [0.25, 0.3) is 0 Å². The first-order valence-corrected chi connectivity index (χ1v) is 5.72.